The Morgan fingerprint density at radius 1 is 1.35 bits per heavy atom. The Morgan fingerprint density at radius 2 is 2.10 bits per heavy atom. The standard InChI is InChI=1S/C12H14Cl2N2O4/c13-2-5-20-4-1-3-15-12(17)9-6-10(14)8-11(7-9)16(18)19/h6-8H,1-5H2,(H,15,17). The van der Waals surface area contributed by atoms with Crippen molar-refractivity contribution >= 4 is 34.8 Å². The number of ether oxygens (including phenoxy) is 1. The number of hydrogen-bond donors (Lipinski definition) is 1. The number of halogens is 2. The van der Waals surface area contributed by atoms with Crippen molar-refractivity contribution in [3.05, 3.63) is 38.9 Å². The van der Waals surface area contributed by atoms with Crippen LogP contribution in [0, 0.1) is 10.1 Å². The van der Waals surface area contributed by atoms with Gasteiger partial charge in [-0.3, -0.25) is 14.9 Å². The average molecular weight is 321 g/mol. The topological polar surface area (TPSA) is 81.5 Å². The molecule has 20 heavy (non-hydrogen) atoms. The predicted octanol–water partition coefficient (Wildman–Crippen LogP) is 2.62. The number of hydrogen-bond acceptors (Lipinski definition) is 4. The number of carbonyl (C=O) groups is 1. The number of carbonyl (C=O) groups excluding carboxylic acids is 1. The summed E-state index contributed by atoms with van der Waals surface area (Å²) in [6.07, 6.45) is 0.630. The predicted molar refractivity (Wildman–Crippen MR) is 76.6 cm³/mol. The molecule has 1 N–H and O–H groups in total. The Balaban J connectivity index is 2.49. The molecule has 6 nitrogen and oxygen atoms in total. The molecule has 1 amide bonds. The third kappa shape index (κ3) is 5.73. The molecule has 0 atom stereocenters. The van der Waals surface area contributed by atoms with E-state index in [9.17, 15) is 14.9 Å². The third-order valence-electron chi connectivity index (χ3n) is 2.33. The number of amides is 1. The molecule has 0 radical (unpaired) electrons. The fourth-order valence-electron chi connectivity index (χ4n) is 1.45. The van der Waals surface area contributed by atoms with Crippen LogP contribution in [-0.2, 0) is 4.74 Å². The summed E-state index contributed by atoms with van der Waals surface area (Å²) in [7, 11) is 0. The lowest BCUT2D eigenvalue weighted by Crippen LogP contribution is -2.25. The van der Waals surface area contributed by atoms with Gasteiger partial charge in [0.1, 0.15) is 0 Å². The van der Waals surface area contributed by atoms with Crippen LogP contribution in [0.25, 0.3) is 0 Å². The van der Waals surface area contributed by atoms with E-state index in [1.54, 1.807) is 0 Å². The molecule has 8 heteroatoms. The first kappa shape index (κ1) is 16.7. The van der Waals surface area contributed by atoms with Gasteiger partial charge in [-0.1, -0.05) is 11.6 Å². The largest absolute Gasteiger partial charge is 0.380 e. The molecule has 1 aromatic carbocycles. The van der Waals surface area contributed by atoms with Crippen LogP contribution in [0.5, 0.6) is 0 Å². The van der Waals surface area contributed by atoms with E-state index in [1.165, 1.54) is 18.2 Å². The first-order valence-electron chi connectivity index (χ1n) is 5.91. The van der Waals surface area contributed by atoms with Crippen LogP contribution in [0.3, 0.4) is 0 Å². The van der Waals surface area contributed by atoms with E-state index in [2.05, 4.69) is 5.32 Å². The second-order valence-electron chi connectivity index (χ2n) is 3.87. The third-order valence-corrected chi connectivity index (χ3v) is 2.70. The molecule has 0 aromatic heterocycles. The average Bonchev–Trinajstić information content (AvgIpc) is 2.41. The van der Waals surface area contributed by atoms with Gasteiger partial charge in [0.2, 0.25) is 0 Å². The van der Waals surface area contributed by atoms with Crippen LogP contribution < -0.4 is 5.32 Å². The summed E-state index contributed by atoms with van der Waals surface area (Å²) in [5.41, 5.74) is -0.0565. The number of nitro benzene ring substituents is 1. The van der Waals surface area contributed by atoms with Gasteiger partial charge >= 0.3 is 0 Å². The molecule has 0 heterocycles. The van der Waals surface area contributed by atoms with Gasteiger partial charge in [0.05, 0.1) is 11.5 Å². The van der Waals surface area contributed by atoms with Crippen molar-refractivity contribution in [1.29, 1.82) is 0 Å². The molecule has 0 aliphatic carbocycles. The van der Waals surface area contributed by atoms with E-state index in [1.807, 2.05) is 0 Å². The van der Waals surface area contributed by atoms with Gasteiger partial charge in [-0.05, 0) is 12.5 Å². The highest BCUT2D eigenvalue weighted by molar-refractivity contribution is 6.31. The Bertz CT molecular complexity index is 483. The van der Waals surface area contributed by atoms with E-state index in [0.717, 1.165) is 0 Å². The van der Waals surface area contributed by atoms with Crippen LogP contribution >= 0.6 is 23.2 Å². The minimum Gasteiger partial charge on any atom is -0.380 e. The summed E-state index contributed by atoms with van der Waals surface area (Å²) in [5.74, 6) is 0.0198. The van der Waals surface area contributed by atoms with E-state index in [4.69, 9.17) is 27.9 Å². The van der Waals surface area contributed by atoms with E-state index in [0.29, 0.717) is 32.1 Å². The first-order chi connectivity index (χ1) is 9.54. The molecule has 110 valence electrons. The lowest BCUT2D eigenvalue weighted by Gasteiger charge is -2.06. The lowest BCUT2D eigenvalue weighted by molar-refractivity contribution is -0.384. The van der Waals surface area contributed by atoms with Crippen molar-refractivity contribution in [3.8, 4) is 0 Å². The Labute approximate surface area is 126 Å². The number of nitro groups is 1. The zero-order valence-corrected chi connectivity index (χ0v) is 12.1. The molecule has 0 bridgehead atoms. The van der Waals surface area contributed by atoms with Gasteiger partial charge in [-0.2, -0.15) is 0 Å². The fourth-order valence-corrected chi connectivity index (χ4v) is 1.78. The van der Waals surface area contributed by atoms with Gasteiger partial charge in [-0.25, -0.2) is 0 Å². The zero-order chi connectivity index (χ0) is 15.0. The molecule has 0 aliphatic rings. The number of alkyl halides is 1. The van der Waals surface area contributed by atoms with E-state index in [-0.39, 0.29) is 16.3 Å². The van der Waals surface area contributed by atoms with Crippen LogP contribution in [0.1, 0.15) is 16.8 Å². The number of rotatable bonds is 8. The highest BCUT2D eigenvalue weighted by Gasteiger charge is 2.13. The number of benzene rings is 1. The van der Waals surface area contributed by atoms with Crippen molar-refractivity contribution in [2.24, 2.45) is 0 Å². The van der Waals surface area contributed by atoms with Crippen LogP contribution in [-0.4, -0.2) is 36.5 Å². The normalized spacial score (nSPS) is 10.3. The summed E-state index contributed by atoms with van der Waals surface area (Å²) in [6.45, 7) is 1.36. The van der Waals surface area contributed by atoms with Gasteiger partial charge in [-0.15, -0.1) is 11.6 Å². The van der Waals surface area contributed by atoms with Crippen molar-refractivity contribution in [2.45, 2.75) is 6.42 Å². The summed E-state index contributed by atoms with van der Waals surface area (Å²) in [4.78, 5) is 21.9. The van der Waals surface area contributed by atoms with Crippen molar-refractivity contribution < 1.29 is 14.5 Å². The van der Waals surface area contributed by atoms with Gasteiger partial charge < -0.3 is 10.1 Å². The number of nitrogens with zero attached hydrogens (tertiary/aromatic N) is 1. The molecule has 0 spiro atoms. The molecule has 0 aliphatic heterocycles. The zero-order valence-electron chi connectivity index (χ0n) is 10.6. The number of nitrogens with one attached hydrogen (secondary N) is 1. The monoisotopic (exact) mass is 320 g/mol. The summed E-state index contributed by atoms with van der Waals surface area (Å²) >= 11 is 11.2. The van der Waals surface area contributed by atoms with Crippen LogP contribution in [0.15, 0.2) is 18.2 Å². The molecule has 1 rings (SSSR count). The highest BCUT2D eigenvalue weighted by Crippen LogP contribution is 2.20. The summed E-state index contributed by atoms with van der Waals surface area (Å²) in [5, 5.41) is 13.5. The van der Waals surface area contributed by atoms with Gasteiger partial charge in [0.15, 0.2) is 0 Å². The van der Waals surface area contributed by atoms with E-state index >= 15 is 0 Å². The summed E-state index contributed by atoms with van der Waals surface area (Å²) in [6, 6.07) is 3.76. The maximum absolute atomic E-state index is 11.8. The quantitative estimate of drug-likeness (QED) is 0.345. The second-order valence-corrected chi connectivity index (χ2v) is 4.68. The lowest BCUT2D eigenvalue weighted by atomic mass is 10.2. The Kier molecular flexibility index (Phi) is 7.28. The second kappa shape index (κ2) is 8.73. The minimum absolute atomic E-state index is 0.148. The molecule has 0 saturated carbocycles. The van der Waals surface area contributed by atoms with Crippen molar-refractivity contribution in [1.82, 2.24) is 5.32 Å². The van der Waals surface area contributed by atoms with Gasteiger partial charge in [0.25, 0.3) is 11.6 Å². The first-order valence-corrected chi connectivity index (χ1v) is 6.82. The highest BCUT2D eigenvalue weighted by atomic mass is 35.5. The maximum Gasteiger partial charge on any atom is 0.271 e. The Hall–Kier alpha value is -1.37. The van der Waals surface area contributed by atoms with Gasteiger partial charge in [0, 0.05) is 41.8 Å². The molecule has 0 unspecified atom stereocenters. The van der Waals surface area contributed by atoms with Crippen molar-refractivity contribution in [3.63, 3.8) is 0 Å². The Morgan fingerprint density at radius 3 is 2.75 bits per heavy atom. The number of non-ortho nitro benzene ring substituents is 1. The molecule has 1 aromatic rings. The molecule has 0 saturated heterocycles. The molecular formula is C12H14Cl2N2O4. The minimum atomic E-state index is -0.595. The van der Waals surface area contributed by atoms with Crippen molar-refractivity contribution in [2.75, 3.05) is 25.6 Å². The summed E-state index contributed by atoms with van der Waals surface area (Å²) < 4.78 is 5.15. The molecular weight excluding hydrogens is 307 g/mol. The van der Waals surface area contributed by atoms with Crippen LogP contribution in [0.4, 0.5) is 5.69 Å². The maximum atomic E-state index is 11.8. The van der Waals surface area contributed by atoms with Crippen LogP contribution in [0.2, 0.25) is 5.02 Å². The fraction of sp³-hybridized carbons (Fsp3) is 0.417. The SMILES string of the molecule is O=C(NCCCOCCCl)c1cc(Cl)cc([N+](=O)[O-])c1. The molecule has 0 fully saturated rings. The smallest absolute Gasteiger partial charge is 0.271 e. The van der Waals surface area contributed by atoms with E-state index < -0.39 is 10.8 Å².